The van der Waals surface area contributed by atoms with Gasteiger partial charge in [0.15, 0.2) is 0 Å². The maximum Gasteiger partial charge on any atom is 0.264 e. The molecular formula is C27H30ClN3O5S. The van der Waals surface area contributed by atoms with Crippen molar-refractivity contribution in [1.82, 2.24) is 10.2 Å². The van der Waals surface area contributed by atoms with Crippen LogP contribution in [0.15, 0.2) is 77.7 Å². The fourth-order valence-corrected chi connectivity index (χ4v) is 5.50. The quantitative estimate of drug-likeness (QED) is 0.417. The van der Waals surface area contributed by atoms with E-state index in [4.69, 9.17) is 16.3 Å². The third kappa shape index (κ3) is 6.61. The number of halogens is 1. The number of hydrogen-bond acceptors (Lipinski definition) is 5. The van der Waals surface area contributed by atoms with Gasteiger partial charge >= 0.3 is 0 Å². The summed E-state index contributed by atoms with van der Waals surface area (Å²) in [5.41, 5.74) is 1.62. The summed E-state index contributed by atoms with van der Waals surface area (Å²) >= 11 is 6.22. The molecule has 1 N–H and O–H groups in total. The lowest BCUT2D eigenvalue weighted by atomic mass is 10.1. The average molecular weight is 544 g/mol. The van der Waals surface area contributed by atoms with Gasteiger partial charge in [0.1, 0.15) is 18.3 Å². The molecule has 2 amide bonds. The minimum absolute atomic E-state index is 0.0286. The Kier molecular flexibility index (Phi) is 9.18. The fourth-order valence-electron chi connectivity index (χ4n) is 3.84. The molecule has 0 saturated heterocycles. The number of ether oxygens (including phenoxy) is 1. The van der Waals surface area contributed by atoms with Crippen molar-refractivity contribution in [2.75, 3.05) is 25.0 Å². The van der Waals surface area contributed by atoms with Crippen LogP contribution in [0.25, 0.3) is 0 Å². The number of carbonyl (C=O) groups excluding carboxylic acids is 2. The number of benzene rings is 3. The van der Waals surface area contributed by atoms with Crippen LogP contribution in [0.4, 0.5) is 5.69 Å². The molecule has 0 aromatic heterocycles. The van der Waals surface area contributed by atoms with E-state index in [2.05, 4.69) is 5.32 Å². The standard InChI is InChI=1S/C27H30ClN3O5S/c1-19-13-14-22(28)16-25(19)31(37(34,35)24-11-6-5-7-12-24)18-26(32)30(20(2)27(33)29-3)17-21-9-8-10-23(15-21)36-4/h5-16,20H,17-18H2,1-4H3,(H,29,33). The summed E-state index contributed by atoms with van der Waals surface area (Å²) < 4.78 is 33.9. The second-order valence-electron chi connectivity index (χ2n) is 8.42. The van der Waals surface area contributed by atoms with Gasteiger partial charge in [-0.3, -0.25) is 13.9 Å². The molecule has 0 fully saturated rings. The first kappa shape index (κ1) is 28.0. The van der Waals surface area contributed by atoms with Gasteiger partial charge in [-0.25, -0.2) is 8.42 Å². The summed E-state index contributed by atoms with van der Waals surface area (Å²) in [7, 11) is -1.13. The van der Waals surface area contributed by atoms with E-state index >= 15 is 0 Å². The van der Waals surface area contributed by atoms with Gasteiger partial charge in [-0.1, -0.05) is 48.0 Å². The van der Waals surface area contributed by atoms with E-state index in [-0.39, 0.29) is 23.0 Å². The summed E-state index contributed by atoms with van der Waals surface area (Å²) in [6, 6.07) is 19.0. The molecule has 0 aliphatic heterocycles. The van der Waals surface area contributed by atoms with Crippen molar-refractivity contribution in [3.63, 3.8) is 0 Å². The van der Waals surface area contributed by atoms with Crippen LogP contribution in [-0.2, 0) is 26.2 Å². The number of methoxy groups -OCH3 is 1. The largest absolute Gasteiger partial charge is 0.497 e. The highest BCUT2D eigenvalue weighted by molar-refractivity contribution is 7.92. The Morgan fingerprint density at radius 1 is 1.03 bits per heavy atom. The molecule has 0 aliphatic rings. The summed E-state index contributed by atoms with van der Waals surface area (Å²) in [5, 5.41) is 2.89. The van der Waals surface area contributed by atoms with Crippen LogP contribution < -0.4 is 14.4 Å². The second kappa shape index (κ2) is 12.1. The number of carbonyl (C=O) groups is 2. The third-order valence-corrected chi connectivity index (χ3v) is 7.96. The smallest absolute Gasteiger partial charge is 0.264 e. The number of nitrogens with zero attached hydrogens (tertiary/aromatic N) is 2. The number of nitrogens with one attached hydrogen (secondary N) is 1. The first-order chi connectivity index (χ1) is 17.6. The first-order valence-electron chi connectivity index (χ1n) is 11.6. The number of sulfonamides is 1. The molecule has 3 aromatic carbocycles. The monoisotopic (exact) mass is 543 g/mol. The molecule has 0 radical (unpaired) electrons. The highest BCUT2D eigenvalue weighted by atomic mass is 35.5. The van der Waals surface area contributed by atoms with Gasteiger partial charge in [-0.15, -0.1) is 0 Å². The Morgan fingerprint density at radius 2 is 1.73 bits per heavy atom. The van der Waals surface area contributed by atoms with E-state index in [1.807, 2.05) is 0 Å². The highest BCUT2D eigenvalue weighted by Gasteiger charge is 2.33. The molecule has 1 atom stereocenters. The van der Waals surface area contributed by atoms with Crippen LogP contribution in [0.5, 0.6) is 5.75 Å². The minimum Gasteiger partial charge on any atom is -0.497 e. The zero-order valence-electron chi connectivity index (χ0n) is 21.1. The number of aryl methyl sites for hydroxylation is 1. The first-order valence-corrected chi connectivity index (χ1v) is 13.4. The molecular weight excluding hydrogens is 514 g/mol. The van der Waals surface area contributed by atoms with Gasteiger partial charge in [0, 0.05) is 18.6 Å². The molecule has 10 heteroatoms. The fraction of sp³-hybridized carbons (Fsp3) is 0.259. The van der Waals surface area contributed by atoms with E-state index in [9.17, 15) is 18.0 Å². The zero-order valence-corrected chi connectivity index (χ0v) is 22.7. The Hall–Kier alpha value is -3.56. The van der Waals surface area contributed by atoms with Crippen molar-refractivity contribution in [3.8, 4) is 5.75 Å². The SMILES string of the molecule is CNC(=O)C(C)N(Cc1cccc(OC)c1)C(=O)CN(c1cc(Cl)ccc1C)S(=O)(=O)c1ccccc1. The minimum atomic E-state index is -4.15. The summed E-state index contributed by atoms with van der Waals surface area (Å²) in [5.74, 6) is -0.342. The van der Waals surface area contributed by atoms with Crippen LogP contribution in [0.2, 0.25) is 5.02 Å². The van der Waals surface area contributed by atoms with E-state index in [0.717, 1.165) is 9.87 Å². The summed E-state index contributed by atoms with van der Waals surface area (Å²) in [6.45, 7) is 2.87. The topological polar surface area (TPSA) is 96.0 Å². The van der Waals surface area contributed by atoms with Crippen LogP contribution >= 0.6 is 11.6 Å². The predicted octanol–water partition coefficient (Wildman–Crippen LogP) is 4.02. The van der Waals surface area contributed by atoms with Gasteiger partial charge in [0.05, 0.1) is 17.7 Å². The molecule has 0 saturated carbocycles. The average Bonchev–Trinajstić information content (AvgIpc) is 2.91. The van der Waals surface area contributed by atoms with Gasteiger partial charge in [-0.05, 0) is 61.4 Å². The molecule has 37 heavy (non-hydrogen) atoms. The second-order valence-corrected chi connectivity index (χ2v) is 10.7. The Balaban J connectivity index is 2.07. The third-order valence-electron chi connectivity index (χ3n) is 5.95. The van der Waals surface area contributed by atoms with Crippen LogP contribution in [0.1, 0.15) is 18.1 Å². The maximum atomic E-state index is 13.8. The number of amides is 2. The lowest BCUT2D eigenvalue weighted by Gasteiger charge is -2.32. The number of hydrogen-bond donors (Lipinski definition) is 1. The number of anilines is 1. The molecule has 196 valence electrons. The molecule has 0 aliphatic carbocycles. The van der Waals surface area contributed by atoms with Gasteiger partial charge in [0.2, 0.25) is 11.8 Å². The van der Waals surface area contributed by atoms with Crippen molar-refractivity contribution in [2.24, 2.45) is 0 Å². The predicted molar refractivity (Wildman–Crippen MR) is 144 cm³/mol. The van der Waals surface area contributed by atoms with Gasteiger partial charge < -0.3 is 15.0 Å². The zero-order chi connectivity index (χ0) is 27.2. The van der Waals surface area contributed by atoms with Gasteiger partial charge in [0.25, 0.3) is 10.0 Å². The molecule has 8 nitrogen and oxygen atoms in total. The maximum absolute atomic E-state index is 13.8. The number of likely N-dealkylation sites (N-methyl/N-ethyl adjacent to an activating group) is 1. The number of rotatable bonds is 10. The molecule has 1 unspecified atom stereocenters. The molecule has 0 bridgehead atoms. The van der Waals surface area contributed by atoms with Crippen molar-refractivity contribution < 1.29 is 22.7 Å². The molecule has 3 aromatic rings. The lowest BCUT2D eigenvalue weighted by molar-refractivity contribution is -0.139. The van der Waals surface area contributed by atoms with Crippen LogP contribution in [-0.4, -0.2) is 51.9 Å². The Bertz CT molecular complexity index is 1370. The Morgan fingerprint density at radius 3 is 2.38 bits per heavy atom. The summed E-state index contributed by atoms with van der Waals surface area (Å²) in [4.78, 5) is 27.7. The van der Waals surface area contributed by atoms with Gasteiger partial charge in [-0.2, -0.15) is 0 Å². The van der Waals surface area contributed by atoms with Crippen molar-refractivity contribution in [1.29, 1.82) is 0 Å². The van der Waals surface area contributed by atoms with E-state index in [1.165, 1.54) is 37.3 Å². The van der Waals surface area contributed by atoms with Crippen LogP contribution in [0, 0.1) is 6.92 Å². The van der Waals surface area contributed by atoms with E-state index in [0.29, 0.717) is 16.3 Å². The Labute approximate surface area is 222 Å². The van der Waals surface area contributed by atoms with E-state index in [1.54, 1.807) is 68.4 Å². The van der Waals surface area contributed by atoms with Crippen molar-refractivity contribution in [2.45, 2.75) is 31.3 Å². The van der Waals surface area contributed by atoms with Crippen LogP contribution in [0.3, 0.4) is 0 Å². The highest BCUT2D eigenvalue weighted by Crippen LogP contribution is 2.30. The lowest BCUT2D eigenvalue weighted by Crippen LogP contribution is -2.50. The van der Waals surface area contributed by atoms with E-state index < -0.39 is 28.5 Å². The molecule has 3 rings (SSSR count). The molecule has 0 heterocycles. The van der Waals surface area contributed by atoms with Crippen molar-refractivity contribution >= 4 is 39.1 Å². The summed E-state index contributed by atoms with van der Waals surface area (Å²) in [6.07, 6.45) is 0. The molecule has 0 spiro atoms. The van der Waals surface area contributed by atoms with Crippen molar-refractivity contribution in [3.05, 3.63) is 88.9 Å². The normalized spacial score (nSPS) is 11.9.